The first-order valence-corrected chi connectivity index (χ1v) is 5.88. The minimum atomic E-state index is 0.304. The van der Waals surface area contributed by atoms with Crippen molar-refractivity contribution < 1.29 is 0 Å². The molecule has 1 fully saturated rings. The summed E-state index contributed by atoms with van der Waals surface area (Å²) in [6, 6.07) is 2.40. The summed E-state index contributed by atoms with van der Waals surface area (Å²) >= 11 is 3.41. The summed E-state index contributed by atoms with van der Waals surface area (Å²) in [6.45, 7) is 0. The standard InChI is InChI=1S/C11H15BrN2/c12-10-3-9(6-14-7-10)5-11(13)4-8-1-2-8/h3,6-8,11H,1-2,4-5,13H2. The van der Waals surface area contributed by atoms with E-state index in [1.54, 1.807) is 6.20 Å². The van der Waals surface area contributed by atoms with E-state index in [1.807, 2.05) is 6.20 Å². The average molecular weight is 255 g/mol. The van der Waals surface area contributed by atoms with Crippen molar-refractivity contribution in [3.63, 3.8) is 0 Å². The van der Waals surface area contributed by atoms with Crippen LogP contribution in [0.2, 0.25) is 0 Å². The van der Waals surface area contributed by atoms with Crippen molar-refractivity contribution in [2.45, 2.75) is 31.7 Å². The van der Waals surface area contributed by atoms with Crippen LogP contribution in [0.4, 0.5) is 0 Å². The molecule has 0 bridgehead atoms. The van der Waals surface area contributed by atoms with Crippen LogP contribution in [0.5, 0.6) is 0 Å². The Bertz CT molecular complexity index is 310. The summed E-state index contributed by atoms with van der Waals surface area (Å²) < 4.78 is 1.04. The third-order valence-electron chi connectivity index (χ3n) is 2.59. The van der Waals surface area contributed by atoms with E-state index in [1.165, 1.54) is 24.8 Å². The summed E-state index contributed by atoms with van der Waals surface area (Å²) in [5.41, 5.74) is 7.28. The predicted molar refractivity (Wildman–Crippen MR) is 61.0 cm³/mol. The zero-order chi connectivity index (χ0) is 9.97. The number of pyridine rings is 1. The van der Waals surface area contributed by atoms with Crippen LogP contribution >= 0.6 is 15.9 Å². The van der Waals surface area contributed by atoms with E-state index in [-0.39, 0.29) is 0 Å². The zero-order valence-corrected chi connectivity index (χ0v) is 9.70. The molecular weight excluding hydrogens is 240 g/mol. The Morgan fingerprint density at radius 2 is 2.29 bits per heavy atom. The van der Waals surface area contributed by atoms with Crippen LogP contribution in [0.1, 0.15) is 24.8 Å². The van der Waals surface area contributed by atoms with E-state index in [0.29, 0.717) is 6.04 Å². The van der Waals surface area contributed by atoms with Crippen LogP contribution in [-0.2, 0) is 6.42 Å². The van der Waals surface area contributed by atoms with E-state index < -0.39 is 0 Å². The first-order valence-electron chi connectivity index (χ1n) is 5.09. The lowest BCUT2D eigenvalue weighted by atomic mass is 10.0. The van der Waals surface area contributed by atoms with Crippen molar-refractivity contribution in [3.05, 3.63) is 28.5 Å². The second-order valence-electron chi connectivity index (χ2n) is 4.15. The van der Waals surface area contributed by atoms with Gasteiger partial charge in [-0.15, -0.1) is 0 Å². The Labute approximate surface area is 93.0 Å². The van der Waals surface area contributed by atoms with E-state index in [9.17, 15) is 0 Å². The summed E-state index contributed by atoms with van der Waals surface area (Å²) in [6.07, 6.45) is 8.58. The summed E-state index contributed by atoms with van der Waals surface area (Å²) in [5, 5.41) is 0. The van der Waals surface area contributed by atoms with Gasteiger partial charge in [0.25, 0.3) is 0 Å². The monoisotopic (exact) mass is 254 g/mol. The topological polar surface area (TPSA) is 38.9 Å². The zero-order valence-electron chi connectivity index (χ0n) is 8.12. The summed E-state index contributed by atoms with van der Waals surface area (Å²) in [7, 11) is 0. The number of rotatable bonds is 4. The molecule has 1 atom stereocenters. The second kappa shape index (κ2) is 4.41. The predicted octanol–water partition coefficient (Wildman–Crippen LogP) is 2.51. The molecule has 0 saturated heterocycles. The van der Waals surface area contributed by atoms with E-state index in [0.717, 1.165) is 16.8 Å². The normalized spacial score (nSPS) is 18.1. The minimum absolute atomic E-state index is 0.304. The van der Waals surface area contributed by atoms with E-state index in [2.05, 4.69) is 27.0 Å². The van der Waals surface area contributed by atoms with Gasteiger partial charge in [-0.05, 0) is 46.3 Å². The van der Waals surface area contributed by atoms with Crippen LogP contribution in [0.15, 0.2) is 22.9 Å². The van der Waals surface area contributed by atoms with E-state index >= 15 is 0 Å². The van der Waals surface area contributed by atoms with Crippen molar-refractivity contribution >= 4 is 15.9 Å². The van der Waals surface area contributed by atoms with Gasteiger partial charge in [0.1, 0.15) is 0 Å². The Morgan fingerprint density at radius 3 is 2.93 bits per heavy atom. The number of nitrogens with zero attached hydrogens (tertiary/aromatic N) is 1. The molecule has 14 heavy (non-hydrogen) atoms. The maximum atomic E-state index is 6.05. The van der Waals surface area contributed by atoms with E-state index in [4.69, 9.17) is 5.73 Å². The molecule has 76 valence electrons. The third-order valence-corrected chi connectivity index (χ3v) is 3.03. The smallest absolute Gasteiger partial charge is 0.0410 e. The van der Waals surface area contributed by atoms with Crippen LogP contribution in [-0.4, -0.2) is 11.0 Å². The Balaban J connectivity index is 1.88. The molecule has 1 unspecified atom stereocenters. The molecule has 0 aromatic carbocycles. The highest BCUT2D eigenvalue weighted by molar-refractivity contribution is 9.10. The van der Waals surface area contributed by atoms with Crippen molar-refractivity contribution in [2.24, 2.45) is 11.7 Å². The maximum absolute atomic E-state index is 6.05. The molecule has 2 nitrogen and oxygen atoms in total. The van der Waals surface area contributed by atoms with Crippen LogP contribution < -0.4 is 5.73 Å². The van der Waals surface area contributed by atoms with Crippen LogP contribution in [0.25, 0.3) is 0 Å². The van der Waals surface area contributed by atoms with Crippen molar-refractivity contribution in [1.82, 2.24) is 4.98 Å². The number of aromatic nitrogens is 1. The van der Waals surface area contributed by atoms with Gasteiger partial charge in [0.2, 0.25) is 0 Å². The van der Waals surface area contributed by atoms with Crippen molar-refractivity contribution in [2.75, 3.05) is 0 Å². The van der Waals surface area contributed by atoms with Gasteiger partial charge in [-0.25, -0.2) is 0 Å². The molecule has 3 heteroatoms. The second-order valence-corrected chi connectivity index (χ2v) is 5.07. The lowest BCUT2D eigenvalue weighted by Crippen LogP contribution is -2.23. The molecule has 1 aromatic heterocycles. The minimum Gasteiger partial charge on any atom is -0.327 e. The molecule has 1 aromatic rings. The lowest BCUT2D eigenvalue weighted by Gasteiger charge is -2.10. The Morgan fingerprint density at radius 1 is 1.50 bits per heavy atom. The lowest BCUT2D eigenvalue weighted by molar-refractivity contribution is 0.566. The van der Waals surface area contributed by atoms with Gasteiger partial charge in [-0.3, -0.25) is 4.98 Å². The fourth-order valence-corrected chi connectivity index (χ4v) is 2.15. The Hall–Kier alpha value is -0.410. The average Bonchev–Trinajstić information content (AvgIpc) is 2.87. The van der Waals surface area contributed by atoms with Gasteiger partial charge in [0.15, 0.2) is 0 Å². The first-order chi connectivity index (χ1) is 6.74. The van der Waals surface area contributed by atoms with Gasteiger partial charge in [0.05, 0.1) is 0 Å². The van der Waals surface area contributed by atoms with Crippen LogP contribution in [0, 0.1) is 5.92 Å². The SMILES string of the molecule is NC(Cc1cncc(Br)c1)CC1CC1. The highest BCUT2D eigenvalue weighted by Crippen LogP contribution is 2.33. The molecule has 0 spiro atoms. The molecule has 2 N–H and O–H groups in total. The molecule has 1 saturated carbocycles. The quantitative estimate of drug-likeness (QED) is 0.897. The summed E-state index contributed by atoms with van der Waals surface area (Å²) in [4.78, 5) is 4.13. The van der Waals surface area contributed by atoms with Gasteiger partial charge >= 0.3 is 0 Å². The van der Waals surface area contributed by atoms with Gasteiger partial charge in [-0.2, -0.15) is 0 Å². The molecule has 0 aliphatic heterocycles. The highest BCUT2D eigenvalue weighted by Gasteiger charge is 2.23. The molecular formula is C11H15BrN2. The largest absolute Gasteiger partial charge is 0.327 e. The molecule has 0 radical (unpaired) electrons. The van der Waals surface area contributed by atoms with Gasteiger partial charge < -0.3 is 5.73 Å². The van der Waals surface area contributed by atoms with Crippen molar-refractivity contribution in [3.8, 4) is 0 Å². The molecule has 1 heterocycles. The third kappa shape index (κ3) is 3.07. The van der Waals surface area contributed by atoms with Crippen LogP contribution in [0.3, 0.4) is 0 Å². The first kappa shape index (κ1) is 10.1. The fraction of sp³-hybridized carbons (Fsp3) is 0.545. The summed E-state index contributed by atoms with van der Waals surface area (Å²) in [5.74, 6) is 0.908. The number of hydrogen-bond acceptors (Lipinski definition) is 2. The number of halogens is 1. The number of hydrogen-bond donors (Lipinski definition) is 1. The maximum Gasteiger partial charge on any atom is 0.0410 e. The van der Waals surface area contributed by atoms with Crippen molar-refractivity contribution in [1.29, 1.82) is 0 Å². The number of nitrogens with two attached hydrogens (primary N) is 1. The molecule has 0 amide bonds. The van der Waals surface area contributed by atoms with Gasteiger partial charge in [-0.1, -0.05) is 12.8 Å². The molecule has 1 aliphatic carbocycles. The fourth-order valence-electron chi connectivity index (χ4n) is 1.74. The Kier molecular flexibility index (Phi) is 3.19. The molecule has 2 rings (SSSR count). The van der Waals surface area contributed by atoms with Gasteiger partial charge in [0, 0.05) is 22.9 Å². The molecule has 1 aliphatic rings. The highest BCUT2D eigenvalue weighted by atomic mass is 79.9.